The first kappa shape index (κ1) is 23.7. The van der Waals surface area contributed by atoms with Crippen LogP contribution in [0.1, 0.15) is 113 Å². The molecule has 182 valence electrons. The predicted molar refractivity (Wildman–Crippen MR) is 137 cm³/mol. The summed E-state index contributed by atoms with van der Waals surface area (Å²) < 4.78 is 0. The molecule has 1 nitrogen and oxygen atoms in total. The second-order valence-electron chi connectivity index (χ2n) is 15.4. The molecule has 0 aliphatic heterocycles. The lowest BCUT2D eigenvalue weighted by molar-refractivity contribution is -0.189. The molecule has 0 aromatic heterocycles. The average molecular weight is 449 g/mol. The SMILES string of the molecule is C#CC1CC[C@@]2(C)C(CC[C@]3(C)[C@@H]2C(=O)C=C2[C@H]4CC(C)(C)CC[C@]4(C)CC[C@]23C)C1(C)C. The smallest absolute Gasteiger partial charge is 0.159 e. The van der Waals surface area contributed by atoms with Crippen LogP contribution in [-0.4, -0.2) is 5.78 Å². The predicted octanol–water partition coefficient (Wildman–Crippen LogP) is 8.24. The summed E-state index contributed by atoms with van der Waals surface area (Å²) in [5.41, 5.74) is 2.66. The van der Waals surface area contributed by atoms with Crippen molar-refractivity contribution >= 4 is 5.78 Å². The highest BCUT2D eigenvalue weighted by Gasteiger charge is 2.69. The summed E-state index contributed by atoms with van der Waals surface area (Å²) in [6.45, 7) is 19.8. The third kappa shape index (κ3) is 2.88. The Morgan fingerprint density at radius 3 is 2.21 bits per heavy atom. The molecule has 5 aliphatic carbocycles. The molecule has 4 fully saturated rings. The van der Waals surface area contributed by atoms with E-state index in [4.69, 9.17) is 6.42 Å². The van der Waals surface area contributed by atoms with E-state index < -0.39 is 0 Å². The molecule has 0 amide bonds. The van der Waals surface area contributed by atoms with Crippen LogP contribution in [0.5, 0.6) is 0 Å². The zero-order valence-corrected chi connectivity index (χ0v) is 22.7. The van der Waals surface area contributed by atoms with E-state index in [1.165, 1.54) is 44.9 Å². The summed E-state index contributed by atoms with van der Waals surface area (Å²) in [5.74, 6) is 5.16. The van der Waals surface area contributed by atoms with Crippen LogP contribution in [0.25, 0.3) is 0 Å². The first-order valence-electron chi connectivity index (χ1n) is 13.9. The van der Waals surface area contributed by atoms with Gasteiger partial charge in [0.2, 0.25) is 0 Å². The monoisotopic (exact) mass is 448 g/mol. The van der Waals surface area contributed by atoms with E-state index in [0.717, 1.165) is 12.8 Å². The first-order chi connectivity index (χ1) is 15.1. The van der Waals surface area contributed by atoms with Crippen LogP contribution in [0.4, 0.5) is 0 Å². The van der Waals surface area contributed by atoms with Crippen LogP contribution in [-0.2, 0) is 4.79 Å². The normalized spacial score (nSPS) is 52.3. The molecular weight excluding hydrogens is 400 g/mol. The zero-order chi connectivity index (χ0) is 24.2. The van der Waals surface area contributed by atoms with E-state index >= 15 is 0 Å². The van der Waals surface area contributed by atoms with Crippen molar-refractivity contribution in [1.29, 1.82) is 0 Å². The maximum absolute atomic E-state index is 14.3. The van der Waals surface area contributed by atoms with E-state index in [-0.39, 0.29) is 27.6 Å². The van der Waals surface area contributed by atoms with Crippen LogP contribution >= 0.6 is 0 Å². The molecular formula is C32H48O. The summed E-state index contributed by atoms with van der Waals surface area (Å²) in [4.78, 5) is 14.3. The fraction of sp³-hybridized carbons (Fsp3) is 0.844. The number of terminal acetylenes is 1. The fourth-order valence-electron chi connectivity index (χ4n) is 10.6. The third-order valence-electron chi connectivity index (χ3n) is 13.0. The number of ketones is 1. The van der Waals surface area contributed by atoms with Gasteiger partial charge >= 0.3 is 0 Å². The molecule has 8 atom stereocenters. The van der Waals surface area contributed by atoms with Gasteiger partial charge in [-0.1, -0.05) is 61.0 Å². The molecule has 2 unspecified atom stereocenters. The highest BCUT2D eigenvalue weighted by molar-refractivity contribution is 5.95. The van der Waals surface area contributed by atoms with E-state index in [0.29, 0.717) is 34.4 Å². The lowest BCUT2D eigenvalue weighted by Gasteiger charge is -2.70. The van der Waals surface area contributed by atoms with Crippen molar-refractivity contribution in [3.63, 3.8) is 0 Å². The van der Waals surface area contributed by atoms with Crippen LogP contribution < -0.4 is 0 Å². The largest absolute Gasteiger partial charge is 0.295 e. The number of rotatable bonds is 0. The summed E-state index contributed by atoms with van der Waals surface area (Å²) in [7, 11) is 0. The Bertz CT molecular complexity index is 944. The Balaban J connectivity index is 1.62. The Morgan fingerprint density at radius 2 is 1.55 bits per heavy atom. The topological polar surface area (TPSA) is 17.1 Å². The van der Waals surface area contributed by atoms with E-state index in [1.807, 2.05) is 0 Å². The van der Waals surface area contributed by atoms with Crippen molar-refractivity contribution in [1.82, 2.24) is 0 Å². The molecule has 0 spiro atoms. The maximum Gasteiger partial charge on any atom is 0.159 e. The van der Waals surface area contributed by atoms with Gasteiger partial charge in [-0.3, -0.25) is 4.79 Å². The van der Waals surface area contributed by atoms with Crippen molar-refractivity contribution in [2.45, 2.75) is 113 Å². The molecule has 0 radical (unpaired) electrons. The number of carbonyl (C=O) groups excluding carboxylic acids is 1. The number of fused-ring (bicyclic) bond motifs is 7. The number of hydrogen-bond donors (Lipinski definition) is 0. The molecule has 0 N–H and O–H groups in total. The fourth-order valence-corrected chi connectivity index (χ4v) is 10.6. The van der Waals surface area contributed by atoms with Gasteiger partial charge in [0.15, 0.2) is 5.78 Å². The minimum atomic E-state index is 0.0541. The van der Waals surface area contributed by atoms with Gasteiger partial charge < -0.3 is 0 Å². The van der Waals surface area contributed by atoms with Gasteiger partial charge in [-0.05, 0) is 108 Å². The molecule has 5 aliphatic rings. The Hall–Kier alpha value is -1.03. The molecule has 0 saturated heterocycles. The Morgan fingerprint density at radius 1 is 0.879 bits per heavy atom. The highest BCUT2D eigenvalue weighted by Crippen LogP contribution is 2.75. The number of allylic oxidation sites excluding steroid dienone is 2. The minimum absolute atomic E-state index is 0.0541. The van der Waals surface area contributed by atoms with Crippen molar-refractivity contribution in [2.24, 2.45) is 56.2 Å². The van der Waals surface area contributed by atoms with Gasteiger partial charge in [-0.15, -0.1) is 12.3 Å². The number of carbonyl (C=O) groups is 1. The van der Waals surface area contributed by atoms with Crippen LogP contribution in [0.2, 0.25) is 0 Å². The zero-order valence-electron chi connectivity index (χ0n) is 22.7. The molecule has 4 saturated carbocycles. The van der Waals surface area contributed by atoms with Crippen LogP contribution in [0.15, 0.2) is 11.6 Å². The summed E-state index contributed by atoms with van der Waals surface area (Å²) in [6.07, 6.45) is 19.3. The van der Waals surface area contributed by atoms with Gasteiger partial charge in [0, 0.05) is 11.8 Å². The van der Waals surface area contributed by atoms with Gasteiger partial charge in [-0.2, -0.15) is 0 Å². The van der Waals surface area contributed by atoms with Crippen molar-refractivity contribution in [3.05, 3.63) is 11.6 Å². The highest BCUT2D eigenvalue weighted by atomic mass is 16.1. The standard InChI is InChI=1S/C32H48O/c1-10-21-11-13-30(7)25(28(21,4)5)12-14-32(9)26(30)24(33)19-22-23-20-27(2,3)15-16-29(23,6)17-18-31(22,32)8/h1,19,21,23,25-26H,11-18,20H2,2-9H3/t21?,23-,25?,26-,29-,30+,31-,32-/m1/s1. The maximum atomic E-state index is 14.3. The molecule has 0 heterocycles. The molecule has 1 heteroatoms. The Labute approximate surface area is 203 Å². The van der Waals surface area contributed by atoms with Gasteiger partial charge in [0.1, 0.15) is 0 Å². The van der Waals surface area contributed by atoms with E-state index in [1.54, 1.807) is 5.57 Å². The van der Waals surface area contributed by atoms with Crippen LogP contribution in [0, 0.1) is 68.5 Å². The van der Waals surface area contributed by atoms with Crippen molar-refractivity contribution < 1.29 is 4.79 Å². The molecule has 0 aromatic rings. The average Bonchev–Trinajstić information content (AvgIpc) is 2.70. The van der Waals surface area contributed by atoms with Crippen molar-refractivity contribution in [3.8, 4) is 12.3 Å². The van der Waals surface area contributed by atoms with E-state index in [9.17, 15) is 4.79 Å². The summed E-state index contributed by atoms with van der Waals surface area (Å²) in [6, 6.07) is 0. The van der Waals surface area contributed by atoms with E-state index in [2.05, 4.69) is 67.4 Å². The molecule has 0 aromatic carbocycles. The molecule has 33 heavy (non-hydrogen) atoms. The summed E-state index contributed by atoms with van der Waals surface area (Å²) >= 11 is 0. The lowest BCUT2D eigenvalue weighted by Crippen LogP contribution is -2.66. The lowest BCUT2D eigenvalue weighted by atomic mass is 9.33. The second-order valence-corrected chi connectivity index (χ2v) is 15.4. The van der Waals surface area contributed by atoms with Crippen molar-refractivity contribution in [2.75, 3.05) is 0 Å². The summed E-state index contributed by atoms with van der Waals surface area (Å²) in [5, 5.41) is 0. The van der Waals surface area contributed by atoms with Gasteiger partial charge in [-0.25, -0.2) is 0 Å². The minimum Gasteiger partial charge on any atom is -0.295 e. The number of hydrogen-bond acceptors (Lipinski definition) is 1. The van der Waals surface area contributed by atoms with Crippen LogP contribution in [0.3, 0.4) is 0 Å². The second kappa shape index (κ2) is 6.80. The quantitative estimate of drug-likeness (QED) is 0.341. The van der Waals surface area contributed by atoms with Gasteiger partial charge in [0.05, 0.1) is 0 Å². The first-order valence-corrected chi connectivity index (χ1v) is 13.9. The third-order valence-corrected chi connectivity index (χ3v) is 13.0. The molecule has 5 rings (SSSR count). The Kier molecular flexibility index (Phi) is 4.88. The molecule has 0 bridgehead atoms. The van der Waals surface area contributed by atoms with Gasteiger partial charge in [0.25, 0.3) is 0 Å².